The summed E-state index contributed by atoms with van der Waals surface area (Å²) < 4.78 is 0. The summed E-state index contributed by atoms with van der Waals surface area (Å²) in [5.74, 6) is -1.50. The van der Waals surface area contributed by atoms with E-state index >= 15 is 0 Å². The molecule has 0 saturated carbocycles. The Kier molecular flexibility index (Phi) is 3.15. The van der Waals surface area contributed by atoms with E-state index in [0.717, 1.165) is 30.8 Å². The third-order valence-electron chi connectivity index (χ3n) is 4.45. The molecule has 0 radical (unpaired) electrons. The van der Waals surface area contributed by atoms with Gasteiger partial charge in [0, 0.05) is 25.3 Å². The molecule has 1 saturated heterocycles. The number of hydrogen-bond donors (Lipinski definition) is 1. The Balaban J connectivity index is 1.87. The molecular formula is C16H20N2O3. The van der Waals surface area contributed by atoms with Gasteiger partial charge in [-0.05, 0) is 23.5 Å². The third kappa shape index (κ3) is 2.37. The van der Waals surface area contributed by atoms with Crippen LogP contribution < -0.4 is 4.90 Å². The van der Waals surface area contributed by atoms with Gasteiger partial charge in [0.25, 0.3) is 0 Å². The maximum atomic E-state index is 12.7. The Morgan fingerprint density at radius 2 is 2.00 bits per heavy atom. The fourth-order valence-electron chi connectivity index (χ4n) is 3.25. The molecule has 5 nitrogen and oxygen atoms in total. The van der Waals surface area contributed by atoms with Crippen molar-refractivity contribution >= 4 is 17.7 Å². The SMILES string of the molecule is CC1(C)CCN(C(=O)N2CC(C(=O)O)c3ccccc32)C1. The zero-order chi connectivity index (χ0) is 15.2. The first-order valence-electron chi connectivity index (χ1n) is 7.27. The van der Waals surface area contributed by atoms with Crippen molar-refractivity contribution in [3.63, 3.8) is 0 Å². The van der Waals surface area contributed by atoms with Gasteiger partial charge >= 0.3 is 12.0 Å². The van der Waals surface area contributed by atoms with E-state index in [1.807, 2.05) is 23.1 Å². The van der Waals surface area contributed by atoms with E-state index in [9.17, 15) is 14.7 Å². The summed E-state index contributed by atoms with van der Waals surface area (Å²) in [6.07, 6.45) is 0.983. The first kappa shape index (κ1) is 13.9. The van der Waals surface area contributed by atoms with E-state index in [1.165, 1.54) is 0 Å². The molecule has 2 heterocycles. The lowest BCUT2D eigenvalue weighted by molar-refractivity contribution is -0.138. The molecule has 1 N–H and O–H groups in total. The lowest BCUT2D eigenvalue weighted by Gasteiger charge is -2.26. The number of urea groups is 1. The van der Waals surface area contributed by atoms with Crippen molar-refractivity contribution in [1.82, 2.24) is 4.90 Å². The minimum Gasteiger partial charge on any atom is -0.481 e. The monoisotopic (exact) mass is 288 g/mol. The number of anilines is 1. The zero-order valence-electron chi connectivity index (χ0n) is 12.4. The first-order valence-corrected chi connectivity index (χ1v) is 7.27. The molecule has 0 aliphatic carbocycles. The smallest absolute Gasteiger partial charge is 0.324 e. The summed E-state index contributed by atoms with van der Waals surface area (Å²) in [5.41, 5.74) is 1.61. The topological polar surface area (TPSA) is 60.9 Å². The minimum absolute atomic E-state index is 0.0724. The van der Waals surface area contributed by atoms with Crippen LogP contribution in [-0.2, 0) is 4.79 Å². The fourth-order valence-corrected chi connectivity index (χ4v) is 3.25. The molecule has 0 bridgehead atoms. The number of carbonyl (C=O) groups excluding carboxylic acids is 1. The third-order valence-corrected chi connectivity index (χ3v) is 4.45. The largest absolute Gasteiger partial charge is 0.481 e. The van der Waals surface area contributed by atoms with Crippen LogP contribution >= 0.6 is 0 Å². The summed E-state index contributed by atoms with van der Waals surface area (Å²) in [7, 11) is 0. The number of benzene rings is 1. The van der Waals surface area contributed by atoms with E-state index in [0.29, 0.717) is 0 Å². The molecule has 21 heavy (non-hydrogen) atoms. The molecule has 1 atom stereocenters. The van der Waals surface area contributed by atoms with E-state index in [1.54, 1.807) is 11.0 Å². The molecule has 2 aliphatic rings. The zero-order valence-corrected chi connectivity index (χ0v) is 12.4. The predicted molar refractivity (Wildman–Crippen MR) is 79.5 cm³/mol. The molecule has 0 spiro atoms. The van der Waals surface area contributed by atoms with Gasteiger partial charge in [-0.15, -0.1) is 0 Å². The molecule has 1 unspecified atom stereocenters. The van der Waals surface area contributed by atoms with Crippen LogP contribution in [-0.4, -0.2) is 41.6 Å². The Labute approximate surface area is 124 Å². The van der Waals surface area contributed by atoms with Crippen LogP contribution in [0.1, 0.15) is 31.7 Å². The van der Waals surface area contributed by atoms with Crippen LogP contribution in [0.4, 0.5) is 10.5 Å². The number of carboxylic acid groups (broad SMARTS) is 1. The number of likely N-dealkylation sites (tertiary alicyclic amines) is 1. The van der Waals surface area contributed by atoms with Crippen LogP contribution in [0.3, 0.4) is 0 Å². The number of nitrogens with zero attached hydrogens (tertiary/aromatic N) is 2. The average Bonchev–Trinajstić information content (AvgIpc) is 2.98. The quantitative estimate of drug-likeness (QED) is 0.863. The molecule has 1 aromatic rings. The number of fused-ring (bicyclic) bond motifs is 1. The number of amides is 2. The number of carbonyl (C=O) groups is 2. The number of carboxylic acids is 1. The normalized spacial score (nSPS) is 23.2. The van der Waals surface area contributed by atoms with E-state index in [4.69, 9.17) is 0 Å². The van der Waals surface area contributed by atoms with Crippen molar-refractivity contribution in [3.8, 4) is 0 Å². The molecule has 1 aromatic carbocycles. The Morgan fingerprint density at radius 1 is 1.29 bits per heavy atom. The average molecular weight is 288 g/mol. The number of para-hydroxylation sites is 1. The van der Waals surface area contributed by atoms with Crippen molar-refractivity contribution in [2.45, 2.75) is 26.2 Å². The second kappa shape index (κ2) is 4.76. The van der Waals surface area contributed by atoms with Gasteiger partial charge in [0.2, 0.25) is 0 Å². The van der Waals surface area contributed by atoms with Gasteiger partial charge in [0.1, 0.15) is 5.92 Å². The highest BCUT2D eigenvalue weighted by molar-refractivity contribution is 5.98. The van der Waals surface area contributed by atoms with Gasteiger partial charge in [-0.2, -0.15) is 0 Å². The lowest BCUT2D eigenvalue weighted by atomic mass is 9.93. The lowest BCUT2D eigenvalue weighted by Crippen LogP contribution is -2.42. The maximum absolute atomic E-state index is 12.7. The predicted octanol–water partition coefficient (Wildman–Crippen LogP) is 2.53. The van der Waals surface area contributed by atoms with E-state index in [-0.39, 0.29) is 18.0 Å². The molecule has 5 heteroatoms. The van der Waals surface area contributed by atoms with Crippen molar-refractivity contribution < 1.29 is 14.7 Å². The van der Waals surface area contributed by atoms with Gasteiger partial charge in [-0.25, -0.2) is 4.79 Å². The van der Waals surface area contributed by atoms with Crippen molar-refractivity contribution in [2.75, 3.05) is 24.5 Å². The van der Waals surface area contributed by atoms with Gasteiger partial charge in [-0.3, -0.25) is 9.69 Å². The van der Waals surface area contributed by atoms with Gasteiger partial charge in [-0.1, -0.05) is 32.0 Å². The summed E-state index contributed by atoms with van der Waals surface area (Å²) >= 11 is 0. The van der Waals surface area contributed by atoms with Crippen LogP contribution in [0.2, 0.25) is 0 Å². The Bertz CT molecular complexity index is 597. The van der Waals surface area contributed by atoms with Gasteiger partial charge < -0.3 is 10.0 Å². The van der Waals surface area contributed by atoms with E-state index < -0.39 is 11.9 Å². The first-order chi connectivity index (χ1) is 9.89. The van der Waals surface area contributed by atoms with Gasteiger partial charge in [0.05, 0.1) is 0 Å². The summed E-state index contributed by atoms with van der Waals surface area (Å²) in [6.45, 7) is 5.99. The summed E-state index contributed by atoms with van der Waals surface area (Å²) in [6, 6.07) is 7.22. The van der Waals surface area contributed by atoms with Crippen molar-refractivity contribution in [3.05, 3.63) is 29.8 Å². The van der Waals surface area contributed by atoms with Crippen LogP contribution in [0, 0.1) is 5.41 Å². The number of rotatable bonds is 1. The highest BCUT2D eigenvalue weighted by Gasteiger charge is 2.40. The molecule has 112 valence electrons. The Hall–Kier alpha value is -2.04. The second-order valence-electron chi connectivity index (χ2n) is 6.68. The van der Waals surface area contributed by atoms with Gasteiger partial charge in [0.15, 0.2) is 0 Å². The van der Waals surface area contributed by atoms with Crippen LogP contribution in [0.5, 0.6) is 0 Å². The maximum Gasteiger partial charge on any atom is 0.324 e. The summed E-state index contributed by atoms with van der Waals surface area (Å²) in [5, 5.41) is 9.36. The second-order valence-corrected chi connectivity index (χ2v) is 6.68. The van der Waals surface area contributed by atoms with Crippen LogP contribution in [0.25, 0.3) is 0 Å². The molecular weight excluding hydrogens is 268 g/mol. The Morgan fingerprint density at radius 3 is 2.62 bits per heavy atom. The van der Waals surface area contributed by atoms with Crippen molar-refractivity contribution in [1.29, 1.82) is 0 Å². The standard InChI is InChI=1S/C16H20N2O3/c1-16(2)7-8-17(10-16)15(21)18-9-12(14(19)20)11-5-3-4-6-13(11)18/h3-6,12H,7-10H2,1-2H3,(H,19,20). The molecule has 2 aliphatic heterocycles. The highest BCUT2D eigenvalue weighted by atomic mass is 16.4. The fraction of sp³-hybridized carbons (Fsp3) is 0.500. The summed E-state index contributed by atoms with van der Waals surface area (Å²) in [4.78, 5) is 27.6. The molecule has 3 rings (SSSR count). The highest BCUT2D eigenvalue weighted by Crippen LogP contribution is 2.38. The molecule has 2 amide bonds. The van der Waals surface area contributed by atoms with Crippen molar-refractivity contribution in [2.24, 2.45) is 5.41 Å². The minimum atomic E-state index is -0.875. The number of hydrogen-bond acceptors (Lipinski definition) is 2. The van der Waals surface area contributed by atoms with Crippen LogP contribution in [0.15, 0.2) is 24.3 Å². The molecule has 0 aromatic heterocycles. The molecule has 1 fully saturated rings. The van der Waals surface area contributed by atoms with E-state index in [2.05, 4.69) is 13.8 Å². The number of aliphatic carboxylic acids is 1.